The van der Waals surface area contributed by atoms with Crippen LogP contribution in [0, 0.1) is 6.92 Å². The molecule has 1 N–H and O–H groups in total. The van der Waals surface area contributed by atoms with Gasteiger partial charge in [-0.25, -0.2) is 4.79 Å². The van der Waals surface area contributed by atoms with Crippen LogP contribution in [0.1, 0.15) is 20.1 Å². The van der Waals surface area contributed by atoms with Gasteiger partial charge in [-0.05, 0) is 13.0 Å². The molecule has 0 saturated carbocycles. The quantitative estimate of drug-likeness (QED) is 0.904. The number of carboxylic acids is 1. The third-order valence-electron chi connectivity index (χ3n) is 2.31. The summed E-state index contributed by atoms with van der Waals surface area (Å²) in [5.74, 6) is -0.222. The topological polar surface area (TPSA) is 64.3 Å². The van der Waals surface area contributed by atoms with Crippen LogP contribution >= 0.6 is 11.3 Å². The second-order valence-electron chi connectivity index (χ2n) is 3.64. The molecule has 0 amide bonds. The van der Waals surface area contributed by atoms with Gasteiger partial charge < -0.3 is 9.84 Å². The van der Waals surface area contributed by atoms with Gasteiger partial charge in [0.05, 0.1) is 12.4 Å². The van der Waals surface area contributed by atoms with Crippen LogP contribution in [0.5, 0.6) is 5.75 Å². The summed E-state index contributed by atoms with van der Waals surface area (Å²) in [4.78, 5) is 12.1. The highest BCUT2D eigenvalue weighted by Crippen LogP contribution is 2.23. The van der Waals surface area contributed by atoms with E-state index in [1.165, 1.54) is 11.3 Å². The number of ether oxygens (including phenoxy) is 1. The van der Waals surface area contributed by atoms with Gasteiger partial charge in [0, 0.05) is 17.5 Å². The number of thiophene rings is 1. The summed E-state index contributed by atoms with van der Waals surface area (Å²) in [6, 6.07) is 1.65. The molecular weight excluding hydrogens is 240 g/mol. The third kappa shape index (κ3) is 2.65. The Morgan fingerprint density at radius 3 is 2.94 bits per heavy atom. The summed E-state index contributed by atoms with van der Waals surface area (Å²) in [5.41, 5.74) is 0.899. The van der Waals surface area contributed by atoms with Gasteiger partial charge in [0.1, 0.15) is 11.5 Å². The molecule has 0 radical (unpaired) electrons. The summed E-state index contributed by atoms with van der Waals surface area (Å²) in [7, 11) is 1.81. The molecular formula is C11H12N2O3S. The fourth-order valence-electron chi connectivity index (χ4n) is 1.40. The lowest BCUT2D eigenvalue weighted by atomic mass is 10.2. The Labute approximate surface area is 102 Å². The first kappa shape index (κ1) is 11.7. The van der Waals surface area contributed by atoms with Gasteiger partial charge >= 0.3 is 5.97 Å². The van der Waals surface area contributed by atoms with Crippen molar-refractivity contribution in [1.29, 1.82) is 0 Å². The monoisotopic (exact) mass is 252 g/mol. The van der Waals surface area contributed by atoms with Crippen LogP contribution in [0.15, 0.2) is 18.5 Å². The minimum atomic E-state index is -0.897. The van der Waals surface area contributed by atoms with E-state index in [0.717, 1.165) is 10.4 Å². The van der Waals surface area contributed by atoms with Crippen LogP contribution in [-0.2, 0) is 13.7 Å². The van der Waals surface area contributed by atoms with Crippen LogP contribution in [0.3, 0.4) is 0 Å². The molecule has 0 saturated heterocycles. The van der Waals surface area contributed by atoms with Gasteiger partial charge in [-0.15, -0.1) is 11.3 Å². The SMILES string of the molecule is Cc1sc(C(=O)O)cc1COc1cnn(C)c1. The van der Waals surface area contributed by atoms with Crippen LogP contribution in [0.25, 0.3) is 0 Å². The number of aryl methyl sites for hydroxylation is 2. The van der Waals surface area contributed by atoms with E-state index >= 15 is 0 Å². The van der Waals surface area contributed by atoms with E-state index in [-0.39, 0.29) is 0 Å². The Morgan fingerprint density at radius 2 is 2.41 bits per heavy atom. The maximum absolute atomic E-state index is 10.8. The molecule has 6 heteroatoms. The first-order chi connectivity index (χ1) is 8.06. The zero-order valence-electron chi connectivity index (χ0n) is 9.51. The molecule has 0 aliphatic heterocycles. The maximum Gasteiger partial charge on any atom is 0.345 e. The first-order valence-electron chi connectivity index (χ1n) is 5.00. The van der Waals surface area contributed by atoms with Crippen LogP contribution in [0.4, 0.5) is 0 Å². The van der Waals surface area contributed by atoms with Crippen molar-refractivity contribution >= 4 is 17.3 Å². The lowest BCUT2D eigenvalue weighted by Gasteiger charge is -2.01. The maximum atomic E-state index is 10.8. The fourth-order valence-corrected chi connectivity index (χ4v) is 2.27. The molecule has 90 valence electrons. The second kappa shape index (κ2) is 4.58. The second-order valence-corrected chi connectivity index (χ2v) is 4.89. The van der Waals surface area contributed by atoms with Crippen molar-refractivity contribution in [2.45, 2.75) is 13.5 Å². The van der Waals surface area contributed by atoms with E-state index in [4.69, 9.17) is 9.84 Å². The molecule has 2 aromatic rings. The summed E-state index contributed by atoms with van der Waals surface area (Å²) < 4.78 is 7.17. The van der Waals surface area contributed by atoms with E-state index in [0.29, 0.717) is 17.2 Å². The summed E-state index contributed by atoms with van der Waals surface area (Å²) in [6.07, 6.45) is 3.39. The van der Waals surface area contributed by atoms with Gasteiger partial charge in [0.15, 0.2) is 5.75 Å². The molecule has 2 rings (SSSR count). The molecule has 0 atom stereocenters. The molecule has 0 spiro atoms. The van der Waals surface area contributed by atoms with Gasteiger partial charge in [-0.3, -0.25) is 4.68 Å². The van der Waals surface area contributed by atoms with Crippen LogP contribution < -0.4 is 4.74 Å². The minimum absolute atomic E-state index is 0.340. The van der Waals surface area contributed by atoms with Crippen LogP contribution in [-0.4, -0.2) is 20.9 Å². The molecule has 0 fully saturated rings. The molecule has 5 nitrogen and oxygen atoms in total. The Balaban J connectivity index is 2.06. The lowest BCUT2D eigenvalue weighted by Crippen LogP contribution is -1.95. The summed E-state index contributed by atoms with van der Waals surface area (Å²) >= 11 is 1.26. The van der Waals surface area contributed by atoms with Crippen molar-refractivity contribution in [3.05, 3.63) is 33.8 Å². The Morgan fingerprint density at radius 1 is 1.65 bits per heavy atom. The van der Waals surface area contributed by atoms with E-state index in [2.05, 4.69) is 5.10 Å². The average molecular weight is 252 g/mol. The van der Waals surface area contributed by atoms with Crippen LogP contribution in [0.2, 0.25) is 0 Å². The highest BCUT2D eigenvalue weighted by molar-refractivity contribution is 7.14. The smallest absolute Gasteiger partial charge is 0.345 e. The standard InChI is InChI=1S/C11H12N2O3S/c1-7-8(3-10(17-7)11(14)15)6-16-9-4-12-13(2)5-9/h3-5H,6H2,1-2H3,(H,14,15). The molecule has 2 aromatic heterocycles. The number of hydrogen-bond donors (Lipinski definition) is 1. The van der Waals surface area contributed by atoms with Gasteiger partial charge in [0.25, 0.3) is 0 Å². The van der Waals surface area contributed by atoms with E-state index in [1.54, 1.807) is 23.1 Å². The zero-order chi connectivity index (χ0) is 12.4. The molecule has 0 aliphatic carbocycles. The number of aromatic nitrogens is 2. The lowest BCUT2D eigenvalue weighted by molar-refractivity contribution is 0.0702. The Bertz CT molecular complexity index is 545. The predicted molar refractivity (Wildman–Crippen MR) is 63.6 cm³/mol. The predicted octanol–water partition coefficient (Wildman–Crippen LogP) is 2.07. The summed E-state index contributed by atoms with van der Waals surface area (Å²) in [5, 5.41) is 12.9. The van der Waals surface area contributed by atoms with Gasteiger partial charge in [0.2, 0.25) is 0 Å². The normalized spacial score (nSPS) is 10.5. The van der Waals surface area contributed by atoms with Gasteiger partial charge in [-0.2, -0.15) is 5.10 Å². The third-order valence-corrected chi connectivity index (χ3v) is 3.39. The van der Waals surface area contributed by atoms with Crippen molar-refractivity contribution in [1.82, 2.24) is 9.78 Å². The van der Waals surface area contributed by atoms with Gasteiger partial charge in [-0.1, -0.05) is 0 Å². The number of nitrogens with zero attached hydrogens (tertiary/aromatic N) is 2. The highest BCUT2D eigenvalue weighted by atomic mass is 32.1. The molecule has 0 aromatic carbocycles. The van der Waals surface area contributed by atoms with E-state index < -0.39 is 5.97 Å². The number of aromatic carboxylic acids is 1. The first-order valence-corrected chi connectivity index (χ1v) is 5.82. The average Bonchev–Trinajstić information content (AvgIpc) is 2.82. The molecule has 2 heterocycles. The van der Waals surface area contributed by atoms with E-state index in [1.807, 2.05) is 14.0 Å². The highest BCUT2D eigenvalue weighted by Gasteiger charge is 2.11. The van der Waals surface area contributed by atoms with Crippen molar-refractivity contribution in [2.75, 3.05) is 0 Å². The fraction of sp³-hybridized carbons (Fsp3) is 0.273. The number of carboxylic acid groups (broad SMARTS) is 1. The molecule has 0 aliphatic rings. The van der Waals surface area contributed by atoms with Crippen molar-refractivity contribution in [3.8, 4) is 5.75 Å². The van der Waals surface area contributed by atoms with E-state index in [9.17, 15) is 4.79 Å². The van der Waals surface area contributed by atoms with Crippen molar-refractivity contribution < 1.29 is 14.6 Å². The molecule has 0 bridgehead atoms. The Hall–Kier alpha value is -1.82. The van der Waals surface area contributed by atoms with Crippen molar-refractivity contribution in [2.24, 2.45) is 7.05 Å². The Kier molecular flexibility index (Phi) is 3.14. The number of hydrogen-bond acceptors (Lipinski definition) is 4. The molecule has 0 unspecified atom stereocenters. The number of carbonyl (C=O) groups is 1. The number of rotatable bonds is 4. The largest absolute Gasteiger partial charge is 0.486 e. The minimum Gasteiger partial charge on any atom is -0.486 e. The zero-order valence-corrected chi connectivity index (χ0v) is 10.3. The van der Waals surface area contributed by atoms with Crippen molar-refractivity contribution in [3.63, 3.8) is 0 Å². The summed E-state index contributed by atoms with van der Waals surface area (Å²) in [6.45, 7) is 2.25. The molecule has 17 heavy (non-hydrogen) atoms.